The SMILES string of the molecule is C=CSCCCO. The van der Waals surface area contributed by atoms with Gasteiger partial charge in [0.1, 0.15) is 0 Å². The van der Waals surface area contributed by atoms with Gasteiger partial charge in [-0.25, -0.2) is 0 Å². The van der Waals surface area contributed by atoms with Crippen molar-refractivity contribution < 1.29 is 5.11 Å². The molecular weight excluding hydrogens is 108 g/mol. The third kappa shape index (κ3) is 6.05. The molecule has 0 amide bonds. The van der Waals surface area contributed by atoms with E-state index in [1.807, 2.05) is 0 Å². The summed E-state index contributed by atoms with van der Waals surface area (Å²) in [6, 6.07) is 0. The van der Waals surface area contributed by atoms with E-state index >= 15 is 0 Å². The first-order chi connectivity index (χ1) is 3.41. The number of hydrogen-bond donors (Lipinski definition) is 1. The van der Waals surface area contributed by atoms with Crippen LogP contribution in [0.25, 0.3) is 0 Å². The molecule has 42 valence electrons. The monoisotopic (exact) mass is 118 g/mol. The maximum atomic E-state index is 8.25. The van der Waals surface area contributed by atoms with Crippen LogP contribution in [0, 0.1) is 0 Å². The Morgan fingerprint density at radius 1 is 1.71 bits per heavy atom. The predicted molar refractivity (Wildman–Crippen MR) is 34.4 cm³/mol. The van der Waals surface area contributed by atoms with Gasteiger partial charge in [0.05, 0.1) is 0 Å². The fourth-order valence-electron chi connectivity index (χ4n) is 0.231. The second kappa shape index (κ2) is 6.05. The Hall–Kier alpha value is 0.0500. The molecule has 0 spiro atoms. The molecule has 0 unspecified atom stereocenters. The molecule has 0 aromatic carbocycles. The van der Waals surface area contributed by atoms with E-state index in [9.17, 15) is 0 Å². The minimum Gasteiger partial charge on any atom is -0.396 e. The fraction of sp³-hybridized carbons (Fsp3) is 0.600. The van der Waals surface area contributed by atoms with E-state index in [0.717, 1.165) is 12.2 Å². The summed E-state index contributed by atoms with van der Waals surface area (Å²) in [4.78, 5) is 0. The summed E-state index contributed by atoms with van der Waals surface area (Å²) in [7, 11) is 0. The van der Waals surface area contributed by atoms with Crippen LogP contribution in [0.1, 0.15) is 6.42 Å². The molecule has 0 saturated carbocycles. The highest BCUT2D eigenvalue weighted by Crippen LogP contribution is 2.00. The third-order valence-corrected chi connectivity index (χ3v) is 1.30. The molecule has 0 rings (SSSR count). The van der Waals surface area contributed by atoms with Crippen LogP contribution in [0.2, 0.25) is 0 Å². The van der Waals surface area contributed by atoms with Crippen LogP contribution in [0.3, 0.4) is 0 Å². The second-order valence-corrected chi connectivity index (χ2v) is 2.19. The van der Waals surface area contributed by atoms with Gasteiger partial charge >= 0.3 is 0 Å². The van der Waals surface area contributed by atoms with Gasteiger partial charge in [-0.1, -0.05) is 6.58 Å². The van der Waals surface area contributed by atoms with Gasteiger partial charge in [-0.05, 0) is 17.6 Å². The zero-order valence-electron chi connectivity index (χ0n) is 4.26. The Morgan fingerprint density at radius 2 is 2.43 bits per heavy atom. The minimum atomic E-state index is 0.292. The molecule has 1 N–H and O–H groups in total. The van der Waals surface area contributed by atoms with E-state index in [4.69, 9.17) is 5.11 Å². The molecule has 0 atom stereocenters. The van der Waals surface area contributed by atoms with Gasteiger partial charge in [0, 0.05) is 6.61 Å². The summed E-state index contributed by atoms with van der Waals surface area (Å²) in [6.07, 6.45) is 0.872. The van der Waals surface area contributed by atoms with E-state index < -0.39 is 0 Å². The summed E-state index contributed by atoms with van der Waals surface area (Å²) in [5.74, 6) is 0.986. The summed E-state index contributed by atoms with van der Waals surface area (Å²) in [5.41, 5.74) is 0. The second-order valence-electron chi connectivity index (χ2n) is 1.11. The van der Waals surface area contributed by atoms with E-state index in [-0.39, 0.29) is 0 Å². The van der Waals surface area contributed by atoms with E-state index in [1.165, 1.54) is 0 Å². The number of thioether (sulfide) groups is 1. The largest absolute Gasteiger partial charge is 0.396 e. The molecule has 2 heteroatoms. The van der Waals surface area contributed by atoms with Crippen molar-refractivity contribution in [2.24, 2.45) is 0 Å². The van der Waals surface area contributed by atoms with Crippen LogP contribution >= 0.6 is 11.8 Å². The maximum absolute atomic E-state index is 8.25. The molecule has 0 fully saturated rings. The lowest BCUT2D eigenvalue weighted by Gasteiger charge is -1.87. The Balaban J connectivity index is 2.56. The lowest BCUT2D eigenvalue weighted by Crippen LogP contribution is -1.82. The van der Waals surface area contributed by atoms with E-state index in [0.29, 0.717) is 6.61 Å². The number of hydrogen-bond acceptors (Lipinski definition) is 2. The molecule has 0 heterocycles. The normalized spacial score (nSPS) is 8.71. The Labute approximate surface area is 48.4 Å². The van der Waals surface area contributed by atoms with Crippen molar-refractivity contribution in [1.82, 2.24) is 0 Å². The van der Waals surface area contributed by atoms with Gasteiger partial charge < -0.3 is 5.11 Å². The summed E-state index contributed by atoms with van der Waals surface area (Å²) in [6.45, 7) is 3.81. The predicted octanol–water partition coefficient (Wildman–Crippen LogP) is 1.25. The molecule has 0 aromatic rings. The molecule has 0 aliphatic rings. The molecule has 0 bridgehead atoms. The first-order valence-corrected chi connectivity index (χ1v) is 3.30. The molecule has 0 radical (unpaired) electrons. The van der Waals surface area contributed by atoms with Crippen molar-refractivity contribution in [3.63, 3.8) is 0 Å². The molecule has 1 nitrogen and oxygen atoms in total. The summed E-state index contributed by atoms with van der Waals surface area (Å²) in [5, 5.41) is 10.0. The van der Waals surface area contributed by atoms with Gasteiger partial charge in [0.15, 0.2) is 0 Å². The zero-order chi connectivity index (χ0) is 5.54. The van der Waals surface area contributed by atoms with Gasteiger partial charge in [-0.3, -0.25) is 0 Å². The van der Waals surface area contributed by atoms with Crippen LogP contribution in [-0.4, -0.2) is 17.5 Å². The number of aliphatic hydroxyl groups excluding tert-OH is 1. The fourth-order valence-corrected chi connectivity index (χ4v) is 0.694. The first kappa shape index (κ1) is 7.05. The lowest BCUT2D eigenvalue weighted by atomic mass is 10.5. The van der Waals surface area contributed by atoms with Crippen molar-refractivity contribution in [3.8, 4) is 0 Å². The van der Waals surface area contributed by atoms with Crippen molar-refractivity contribution in [2.45, 2.75) is 6.42 Å². The molecule has 0 aliphatic heterocycles. The van der Waals surface area contributed by atoms with E-state index in [2.05, 4.69) is 6.58 Å². The lowest BCUT2D eigenvalue weighted by molar-refractivity contribution is 0.296. The maximum Gasteiger partial charge on any atom is 0.0439 e. The molecule has 7 heavy (non-hydrogen) atoms. The summed E-state index contributed by atoms with van der Waals surface area (Å²) < 4.78 is 0. The quantitative estimate of drug-likeness (QED) is 0.560. The standard InChI is InChI=1S/C5H10OS/c1-2-7-5-3-4-6/h2,6H,1,3-5H2. The van der Waals surface area contributed by atoms with Gasteiger partial charge in [0.2, 0.25) is 0 Å². The highest BCUT2D eigenvalue weighted by Gasteiger charge is 1.78. The van der Waals surface area contributed by atoms with Crippen LogP contribution in [0.4, 0.5) is 0 Å². The molecular formula is C5H10OS. The van der Waals surface area contributed by atoms with Crippen LogP contribution < -0.4 is 0 Å². The van der Waals surface area contributed by atoms with E-state index in [1.54, 1.807) is 17.2 Å². The summed E-state index contributed by atoms with van der Waals surface area (Å²) >= 11 is 1.64. The highest BCUT2D eigenvalue weighted by atomic mass is 32.2. The van der Waals surface area contributed by atoms with Crippen LogP contribution in [-0.2, 0) is 0 Å². The van der Waals surface area contributed by atoms with Crippen LogP contribution in [0.15, 0.2) is 12.0 Å². The third-order valence-electron chi connectivity index (χ3n) is 0.538. The Kier molecular flexibility index (Phi) is 6.09. The van der Waals surface area contributed by atoms with Crippen molar-refractivity contribution in [3.05, 3.63) is 12.0 Å². The smallest absolute Gasteiger partial charge is 0.0439 e. The number of rotatable bonds is 4. The molecule has 0 aromatic heterocycles. The van der Waals surface area contributed by atoms with Crippen molar-refractivity contribution in [1.29, 1.82) is 0 Å². The van der Waals surface area contributed by atoms with Crippen molar-refractivity contribution >= 4 is 11.8 Å². The van der Waals surface area contributed by atoms with Gasteiger partial charge in [-0.15, -0.1) is 11.8 Å². The van der Waals surface area contributed by atoms with Crippen LogP contribution in [0.5, 0.6) is 0 Å². The van der Waals surface area contributed by atoms with Gasteiger partial charge in [0.25, 0.3) is 0 Å². The topological polar surface area (TPSA) is 20.2 Å². The number of aliphatic hydroxyl groups is 1. The zero-order valence-corrected chi connectivity index (χ0v) is 5.08. The average molecular weight is 118 g/mol. The molecule has 0 saturated heterocycles. The Bertz CT molecular complexity index is 45.3. The van der Waals surface area contributed by atoms with Gasteiger partial charge in [-0.2, -0.15) is 0 Å². The van der Waals surface area contributed by atoms with Crippen molar-refractivity contribution in [2.75, 3.05) is 12.4 Å². The minimum absolute atomic E-state index is 0.292. The highest BCUT2D eigenvalue weighted by molar-refractivity contribution is 8.02. The molecule has 0 aliphatic carbocycles. The Morgan fingerprint density at radius 3 is 2.86 bits per heavy atom. The first-order valence-electron chi connectivity index (χ1n) is 2.25. The average Bonchev–Trinajstić information content (AvgIpc) is 1.69.